The smallest absolute Gasteiger partial charge is 0.379 e. The molecule has 0 aliphatic rings. The van der Waals surface area contributed by atoms with Gasteiger partial charge in [-0.3, -0.25) is 0 Å². The van der Waals surface area contributed by atoms with Gasteiger partial charge in [-0.25, -0.2) is 4.79 Å². The van der Waals surface area contributed by atoms with E-state index in [1.165, 1.54) is 6.26 Å². The van der Waals surface area contributed by atoms with Gasteiger partial charge in [-0.15, -0.1) is 0 Å². The summed E-state index contributed by atoms with van der Waals surface area (Å²) in [5.74, 6) is 0.536. The summed E-state index contributed by atoms with van der Waals surface area (Å²) >= 11 is 0. The van der Waals surface area contributed by atoms with Crippen molar-refractivity contribution in [3.05, 3.63) is 48.4 Å². The number of carbonyl (C=O) groups is 1. The van der Waals surface area contributed by atoms with E-state index in [1.54, 1.807) is 30.3 Å². The summed E-state index contributed by atoms with van der Waals surface area (Å²) in [6.07, 6.45) is 1.43. The van der Waals surface area contributed by atoms with Gasteiger partial charge in [0.25, 0.3) is 0 Å². The van der Waals surface area contributed by atoms with Crippen LogP contribution in [0.5, 0.6) is 11.5 Å². The second kappa shape index (κ2) is 5.40. The van der Waals surface area contributed by atoms with E-state index in [4.69, 9.17) is 13.9 Å². The average molecular weight is 246 g/mol. The molecule has 0 aliphatic heterocycles. The van der Waals surface area contributed by atoms with Crippen molar-refractivity contribution in [2.24, 2.45) is 0 Å². The van der Waals surface area contributed by atoms with Crippen LogP contribution < -0.4 is 9.47 Å². The molecule has 0 fully saturated rings. The van der Waals surface area contributed by atoms with Gasteiger partial charge in [0.15, 0.2) is 11.5 Å². The largest absolute Gasteiger partial charge is 0.487 e. The van der Waals surface area contributed by atoms with Crippen molar-refractivity contribution in [1.29, 1.82) is 0 Å². The number of carbonyl (C=O) groups excluding carboxylic acids is 1. The van der Waals surface area contributed by atoms with Gasteiger partial charge in [0.1, 0.15) is 0 Å². The summed E-state index contributed by atoms with van der Waals surface area (Å²) in [6, 6.07) is 10.2. The zero-order valence-corrected chi connectivity index (χ0v) is 10.3. The predicted molar refractivity (Wildman–Crippen MR) is 65.9 cm³/mol. The molecule has 0 bridgehead atoms. The quantitative estimate of drug-likeness (QED) is 0.613. The van der Waals surface area contributed by atoms with Crippen molar-refractivity contribution in [2.45, 2.75) is 20.0 Å². The van der Waals surface area contributed by atoms with Crippen LogP contribution in [-0.4, -0.2) is 12.1 Å². The number of hydrogen-bond acceptors (Lipinski definition) is 4. The van der Waals surface area contributed by atoms with Gasteiger partial charge in [0, 0.05) is 0 Å². The molecule has 4 nitrogen and oxygen atoms in total. The second-order valence-corrected chi connectivity index (χ2v) is 3.98. The Bertz CT molecular complexity index is 514. The maximum absolute atomic E-state index is 11.7. The molecule has 0 saturated heterocycles. The van der Waals surface area contributed by atoms with Gasteiger partial charge in [-0.05, 0) is 38.1 Å². The zero-order chi connectivity index (χ0) is 13.0. The van der Waals surface area contributed by atoms with Gasteiger partial charge < -0.3 is 13.9 Å². The summed E-state index contributed by atoms with van der Waals surface area (Å²) in [5.41, 5.74) is 0. The molecule has 0 atom stereocenters. The molecule has 4 heteroatoms. The van der Waals surface area contributed by atoms with Gasteiger partial charge >= 0.3 is 5.97 Å². The highest BCUT2D eigenvalue weighted by Gasteiger charge is 2.14. The minimum atomic E-state index is -0.542. The highest BCUT2D eigenvalue weighted by Crippen LogP contribution is 2.28. The van der Waals surface area contributed by atoms with Crippen LogP contribution in [0.1, 0.15) is 24.4 Å². The lowest BCUT2D eigenvalue weighted by atomic mass is 10.3. The van der Waals surface area contributed by atoms with Crippen molar-refractivity contribution in [3.8, 4) is 11.5 Å². The minimum Gasteiger partial charge on any atom is -0.487 e. The van der Waals surface area contributed by atoms with Crippen molar-refractivity contribution in [3.63, 3.8) is 0 Å². The molecule has 0 saturated carbocycles. The summed E-state index contributed by atoms with van der Waals surface area (Å²) in [7, 11) is 0. The van der Waals surface area contributed by atoms with E-state index in [-0.39, 0.29) is 11.9 Å². The van der Waals surface area contributed by atoms with Gasteiger partial charge in [-0.2, -0.15) is 0 Å². The number of hydrogen-bond donors (Lipinski definition) is 0. The van der Waals surface area contributed by atoms with Crippen LogP contribution in [0.4, 0.5) is 0 Å². The average Bonchev–Trinajstić information content (AvgIpc) is 2.84. The molecule has 94 valence electrons. The molecule has 0 amide bonds. The zero-order valence-electron chi connectivity index (χ0n) is 10.3. The van der Waals surface area contributed by atoms with Crippen molar-refractivity contribution in [2.75, 3.05) is 0 Å². The van der Waals surface area contributed by atoms with Crippen molar-refractivity contribution >= 4 is 5.97 Å². The van der Waals surface area contributed by atoms with Gasteiger partial charge in [-0.1, -0.05) is 12.1 Å². The number of esters is 1. The van der Waals surface area contributed by atoms with Gasteiger partial charge in [0.2, 0.25) is 5.76 Å². The standard InChI is InChI=1S/C14H14O4/c1-10(2)17-11-6-3-4-7-12(11)18-14(15)13-8-5-9-16-13/h3-10H,1-2H3. The molecule has 2 rings (SSSR count). The molecule has 1 heterocycles. The number of rotatable bonds is 4. The molecule has 2 aromatic rings. The third kappa shape index (κ3) is 2.91. The van der Waals surface area contributed by atoms with Crippen LogP contribution in [-0.2, 0) is 0 Å². The molecule has 0 N–H and O–H groups in total. The van der Waals surface area contributed by atoms with Crippen LogP contribution in [0.15, 0.2) is 47.1 Å². The first-order valence-corrected chi connectivity index (χ1v) is 5.68. The first-order chi connectivity index (χ1) is 8.66. The Morgan fingerprint density at radius 1 is 1.11 bits per heavy atom. The predicted octanol–water partition coefficient (Wildman–Crippen LogP) is 3.29. The van der Waals surface area contributed by atoms with E-state index in [9.17, 15) is 4.79 Å². The fraction of sp³-hybridized carbons (Fsp3) is 0.214. The fourth-order valence-electron chi connectivity index (χ4n) is 1.43. The highest BCUT2D eigenvalue weighted by molar-refractivity contribution is 5.88. The lowest BCUT2D eigenvalue weighted by Gasteiger charge is -2.13. The molecule has 0 aliphatic carbocycles. The lowest BCUT2D eigenvalue weighted by Crippen LogP contribution is -2.11. The second-order valence-electron chi connectivity index (χ2n) is 3.98. The third-order valence-corrected chi connectivity index (χ3v) is 2.14. The summed E-state index contributed by atoms with van der Waals surface area (Å²) in [6.45, 7) is 3.82. The number of benzene rings is 1. The maximum atomic E-state index is 11.7. The Morgan fingerprint density at radius 2 is 1.83 bits per heavy atom. The minimum absolute atomic E-state index is 0.00784. The number of para-hydroxylation sites is 2. The molecule has 0 radical (unpaired) electrons. The summed E-state index contributed by atoms with van der Waals surface area (Å²) in [4.78, 5) is 11.7. The first-order valence-electron chi connectivity index (χ1n) is 5.68. The molecular weight excluding hydrogens is 232 g/mol. The van der Waals surface area contributed by atoms with Crippen LogP contribution in [0.2, 0.25) is 0 Å². The Balaban J connectivity index is 2.16. The van der Waals surface area contributed by atoms with Crippen LogP contribution in [0.25, 0.3) is 0 Å². The third-order valence-electron chi connectivity index (χ3n) is 2.14. The molecule has 0 spiro atoms. The van der Waals surface area contributed by atoms with E-state index in [2.05, 4.69) is 0 Å². The SMILES string of the molecule is CC(C)Oc1ccccc1OC(=O)c1ccco1. The highest BCUT2D eigenvalue weighted by atomic mass is 16.6. The van der Waals surface area contributed by atoms with Gasteiger partial charge in [0.05, 0.1) is 12.4 Å². The van der Waals surface area contributed by atoms with Crippen LogP contribution in [0.3, 0.4) is 0 Å². The Morgan fingerprint density at radius 3 is 2.44 bits per heavy atom. The van der Waals surface area contributed by atoms with Crippen LogP contribution >= 0.6 is 0 Å². The van der Waals surface area contributed by atoms with E-state index in [0.29, 0.717) is 11.5 Å². The molecule has 1 aromatic carbocycles. The Hall–Kier alpha value is -2.23. The molecular formula is C14H14O4. The molecule has 1 aromatic heterocycles. The Labute approximate surface area is 105 Å². The summed E-state index contributed by atoms with van der Waals surface area (Å²) in [5, 5.41) is 0. The number of ether oxygens (including phenoxy) is 2. The Kier molecular flexibility index (Phi) is 3.67. The lowest BCUT2D eigenvalue weighted by molar-refractivity contribution is 0.0692. The molecule has 18 heavy (non-hydrogen) atoms. The number of furan rings is 1. The monoisotopic (exact) mass is 246 g/mol. The van der Waals surface area contributed by atoms with Crippen molar-refractivity contribution < 1.29 is 18.7 Å². The first kappa shape index (κ1) is 12.2. The van der Waals surface area contributed by atoms with Crippen molar-refractivity contribution in [1.82, 2.24) is 0 Å². The normalized spacial score (nSPS) is 10.4. The molecule has 0 unspecified atom stereocenters. The fourth-order valence-corrected chi connectivity index (χ4v) is 1.43. The summed E-state index contributed by atoms with van der Waals surface area (Å²) < 4.78 is 15.8. The van der Waals surface area contributed by atoms with E-state index in [0.717, 1.165) is 0 Å². The van der Waals surface area contributed by atoms with E-state index in [1.807, 2.05) is 19.9 Å². The van der Waals surface area contributed by atoms with E-state index >= 15 is 0 Å². The maximum Gasteiger partial charge on any atom is 0.379 e. The van der Waals surface area contributed by atoms with Crippen LogP contribution in [0, 0.1) is 0 Å². The van der Waals surface area contributed by atoms with E-state index < -0.39 is 5.97 Å². The topological polar surface area (TPSA) is 48.7 Å².